The Morgan fingerprint density at radius 1 is 0.943 bits per heavy atom. The van der Waals surface area contributed by atoms with Crippen molar-refractivity contribution in [2.24, 2.45) is 0 Å². The third-order valence-corrected chi connectivity index (χ3v) is 7.90. The van der Waals surface area contributed by atoms with Gasteiger partial charge in [0.15, 0.2) is 0 Å². The fourth-order valence-electron chi connectivity index (χ4n) is 4.20. The van der Waals surface area contributed by atoms with Crippen molar-refractivity contribution in [3.8, 4) is 0 Å². The molecule has 0 saturated carbocycles. The van der Waals surface area contributed by atoms with Gasteiger partial charge in [-0.15, -0.1) is 0 Å². The standard InChI is InChI=1S/C27H29N3O4S/c1-21-10-5-8-15-25(21)30(35(33,34)24-13-3-2-4-14-24)20-26(31)28-18-22-11-6-7-12-23(22)19-29-17-9-16-27(29)32/h2-8,10-15H,9,16-20H2,1H3,(H,28,31). The van der Waals surface area contributed by atoms with Crippen LogP contribution in [0.25, 0.3) is 0 Å². The second-order valence-corrected chi connectivity index (χ2v) is 10.4. The Morgan fingerprint density at radius 3 is 2.29 bits per heavy atom. The van der Waals surface area contributed by atoms with Gasteiger partial charge in [0.1, 0.15) is 6.54 Å². The number of aryl methyl sites for hydroxylation is 1. The first-order chi connectivity index (χ1) is 16.9. The Balaban J connectivity index is 1.52. The molecule has 0 aliphatic carbocycles. The average Bonchev–Trinajstić information content (AvgIpc) is 3.27. The summed E-state index contributed by atoms with van der Waals surface area (Å²) in [6.45, 7) is 2.94. The maximum absolute atomic E-state index is 13.5. The second kappa shape index (κ2) is 10.7. The Kier molecular flexibility index (Phi) is 7.51. The monoisotopic (exact) mass is 491 g/mol. The smallest absolute Gasteiger partial charge is 0.264 e. The van der Waals surface area contributed by atoms with Crippen molar-refractivity contribution in [2.75, 3.05) is 17.4 Å². The van der Waals surface area contributed by atoms with Gasteiger partial charge in [-0.1, -0.05) is 60.7 Å². The number of carbonyl (C=O) groups is 2. The minimum atomic E-state index is -3.96. The maximum Gasteiger partial charge on any atom is 0.264 e. The van der Waals surface area contributed by atoms with Crippen LogP contribution < -0.4 is 9.62 Å². The summed E-state index contributed by atoms with van der Waals surface area (Å²) in [6, 6.07) is 22.9. The van der Waals surface area contributed by atoms with Gasteiger partial charge in [0.2, 0.25) is 11.8 Å². The molecule has 0 atom stereocenters. The molecule has 1 saturated heterocycles. The summed E-state index contributed by atoms with van der Waals surface area (Å²) < 4.78 is 28.1. The molecule has 1 aliphatic rings. The van der Waals surface area contributed by atoms with Crippen molar-refractivity contribution < 1.29 is 18.0 Å². The minimum absolute atomic E-state index is 0.122. The van der Waals surface area contributed by atoms with E-state index in [-0.39, 0.29) is 23.9 Å². The van der Waals surface area contributed by atoms with Crippen molar-refractivity contribution in [1.82, 2.24) is 10.2 Å². The van der Waals surface area contributed by atoms with Crippen molar-refractivity contribution in [1.29, 1.82) is 0 Å². The van der Waals surface area contributed by atoms with E-state index in [4.69, 9.17) is 0 Å². The predicted octanol–water partition coefficient (Wildman–Crippen LogP) is 3.63. The highest BCUT2D eigenvalue weighted by atomic mass is 32.2. The number of amides is 2. The van der Waals surface area contributed by atoms with Crippen molar-refractivity contribution in [3.63, 3.8) is 0 Å². The van der Waals surface area contributed by atoms with Crippen LogP contribution in [0.15, 0.2) is 83.8 Å². The summed E-state index contributed by atoms with van der Waals surface area (Å²) in [4.78, 5) is 27.0. The number of sulfonamides is 1. The molecule has 2 amide bonds. The predicted molar refractivity (Wildman–Crippen MR) is 135 cm³/mol. The molecule has 182 valence electrons. The van der Waals surface area contributed by atoms with Crippen LogP contribution in [0.5, 0.6) is 0 Å². The molecule has 1 heterocycles. The fourth-order valence-corrected chi connectivity index (χ4v) is 5.71. The summed E-state index contributed by atoms with van der Waals surface area (Å²) in [5.41, 5.74) is 3.07. The van der Waals surface area contributed by atoms with E-state index < -0.39 is 15.9 Å². The van der Waals surface area contributed by atoms with E-state index >= 15 is 0 Å². The molecule has 0 unspecified atom stereocenters. The van der Waals surface area contributed by atoms with E-state index in [9.17, 15) is 18.0 Å². The molecular formula is C27H29N3O4S. The number of likely N-dealkylation sites (tertiary alicyclic amines) is 1. The van der Waals surface area contributed by atoms with Crippen LogP contribution in [0.1, 0.15) is 29.5 Å². The van der Waals surface area contributed by atoms with Gasteiger partial charge in [-0.25, -0.2) is 8.42 Å². The van der Waals surface area contributed by atoms with Crippen LogP contribution in [0.3, 0.4) is 0 Å². The first-order valence-corrected chi connectivity index (χ1v) is 13.0. The highest BCUT2D eigenvalue weighted by molar-refractivity contribution is 7.92. The first-order valence-electron chi connectivity index (χ1n) is 11.6. The molecule has 7 nitrogen and oxygen atoms in total. The number of carbonyl (C=O) groups excluding carboxylic acids is 2. The number of nitrogens with zero attached hydrogens (tertiary/aromatic N) is 2. The molecule has 0 aromatic heterocycles. The normalized spacial score (nSPS) is 13.6. The van der Waals surface area contributed by atoms with E-state index in [2.05, 4.69) is 5.32 Å². The van der Waals surface area contributed by atoms with E-state index in [0.717, 1.165) is 34.0 Å². The highest BCUT2D eigenvalue weighted by Crippen LogP contribution is 2.26. The third-order valence-electron chi connectivity index (χ3n) is 6.13. The minimum Gasteiger partial charge on any atom is -0.350 e. The van der Waals surface area contributed by atoms with Crippen molar-refractivity contribution >= 4 is 27.5 Å². The van der Waals surface area contributed by atoms with Crippen LogP contribution in [0.2, 0.25) is 0 Å². The van der Waals surface area contributed by atoms with Gasteiger partial charge in [0.05, 0.1) is 10.6 Å². The SMILES string of the molecule is Cc1ccccc1N(CC(=O)NCc1ccccc1CN1CCCC1=O)S(=O)(=O)c1ccccc1. The fraction of sp³-hybridized carbons (Fsp3) is 0.259. The number of benzene rings is 3. The summed E-state index contributed by atoms with van der Waals surface area (Å²) in [5, 5.41) is 2.87. The quantitative estimate of drug-likeness (QED) is 0.495. The van der Waals surface area contributed by atoms with E-state index in [1.165, 1.54) is 12.1 Å². The Hall–Kier alpha value is -3.65. The number of para-hydroxylation sites is 1. The number of hydrogen-bond donors (Lipinski definition) is 1. The van der Waals surface area contributed by atoms with Crippen molar-refractivity contribution in [2.45, 2.75) is 37.8 Å². The molecule has 0 spiro atoms. The van der Waals surface area contributed by atoms with E-state index in [1.807, 2.05) is 48.2 Å². The molecule has 1 N–H and O–H groups in total. The number of nitrogens with one attached hydrogen (secondary N) is 1. The topological polar surface area (TPSA) is 86.8 Å². The summed E-state index contributed by atoms with van der Waals surface area (Å²) >= 11 is 0. The molecule has 3 aromatic carbocycles. The Labute approximate surface area is 206 Å². The maximum atomic E-state index is 13.5. The van der Waals surface area contributed by atoms with Gasteiger partial charge in [0, 0.05) is 26.1 Å². The van der Waals surface area contributed by atoms with E-state index in [0.29, 0.717) is 18.7 Å². The molecular weight excluding hydrogens is 462 g/mol. The van der Waals surface area contributed by atoms with Crippen LogP contribution in [-0.4, -0.2) is 38.2 Å². The summed E-state index contributed by atoms with van der Waals surface area (Å²) in [6.07, 6.45) is 1.44. The largest absolute Gasteiger partial charge is 0.350 e. The van der Waals surface area contributed by atoms with Gasteiger partial charge < -0.3 is 10.2 Å². The highest BCUT2D eigenvalue weighted by Gasteiger charge is 2.28. The third kappa shape index (κ3) is 5.71. The number of anilines is 1. The van der Waals surface area contributed by atoms with Gasteiger partial charge in [-0.05, 0) is 48.2 Å². The van der Waals surface area contributed by atoms with Crippen molar-refractivity contribution in [3.05, 3.63) is 95.6 Å². The average molecular weight is 492 g/mol. The van der Waals surface area contributed by atoms with Gasteiger partial charge >= 0.3 is 0 Å². The van der Waals surface area contributed by atoms with Crippen LogP contribution >= 0.6 is 0 Å². The van der Waals surface area contributed by atoms with E-state index in [1.54, 1.807) is 30.3 Å². The summed E-state index contributed by atoms with van der Waals surface area (Å²) in [7, 11) is -3.96. The molecule has 0 bridgehead atoms. The lowest BCUT2D eigenvalue weighted by molar-refractivity contribution is -0.128. The van der Waals surface area contributed by atoms with Crippen LogP contribution in [0, 0.1) is 6.92 Å². The van der Waals surface area contributed by atoms with Crippen LogP contribution in [0.4, 0.5) is 5.69 Å². The molecule has 35 heavy (non-hydrogen) atoms. The Bertz CT molecular complexity index is 1310. The van der Waals surface area contributed by atoms with Gasteiger partial charge in [-0.3, -0.25) is 13.9 Å². The zero-order valence-corrected chi connectivity index (χ0v) is 20.5. The second-order valence-electron chi connectivity index (χ2n) is 8.58. The lowest BCUT2D eigenvalue weighted by atomic mass is 10.1. The lowest BCUT2D eigenvalue weighted by Gasteiger charge is -2.25. The summed E-state index contributed by atoms with van der Waals surface area (Å²) in [5.74, 6) is -0.274. The van der Waals surface area contributed by atoms with Crippen LogP contribution in [-0.2, 0) is 32.7 Å². The number of rotatable bonds is 9. The lowest BCUT2D eigenvalue weighted by Crippen LogP contribution is -2.41. The molecule has 0 radical (unpaired) electrons. The molecule has 8 heteroatoms. The zero-order valence-electron chi connectivity index (χ0n) is 19.7. The zero-order chi connectivity index (χ0) is 24.8. The number of hydrogen-bond acceptors (Lipinski definition) is 4. The Morgan fingerprint density at radius 2 is 1.60 bits per heavy atom. The molecule has 1 fully saturated rings. The van der Waals surface area contributed by atoms with Gasteiger partial charge in [0.25, 0.3) is 10.0 Å². The first kappa shape index (κ1) is 24.5. The molecule has 4 rings (SSSR count). The molecule has 1 aliphatic heterocycles. The van der Waals surface area contributed by atoms with Gasteiger partial charge in [-0.2, -0.15) is 0 Å². The molecule has 3 aromatic rings.